The van der Waals surface area contributed by atoms with Crippen LogP contribution in [0.2, 0.25) is 0 Å². The molecule has 0 saturated heterocycles. The predicted molar refractivity (Wildman–Crippen MR) is 59.1 cm³/mol. The molecule has 0 aliphatic heterocycles. The lowest BCUT2D eigenvalue weighted by molar-refractivity contribution is 0.387. The van der Waals surface area contributed by atoms with E-state index in [0.29, 0.717) is 11.4 Å². The molecule has 6 heteroatoms. The van der Waals surface area contributed by atoms with Crippen LogP contribution in [-0.4, -0.2) is 19.8 Å². The van der Waals surface area contributed by atoms with Crippen LogP contribution in [0.25, 0.3) is 11.4 Å². The van der Waals surface area contributed by atoms with E-state index < -0.39 is 7.60 Å². The number of nitrogens with zero attached hydrogens (tertiary/aromatic N) is 2. The highest BCUT2D eigenvalue weighted by Crippen LogP contribution is 2.33. The molecule has 2 rings (SSSR count). The summed E-state index contributed by atoms with van der Waals surface area (Å²) in [5, 5.41) is -0.0526. The van der Waals surface area contributed by atoms with Crippen LogP contribution in [0.15, 0.2) is 42.7 Å². The van der Waals surface area contributed by atoms with Crippen molar-refractivity contribution in [3.63, 3.8) is 0 Å². The Kier molecular flexibility index (Phi) is 2.83. The molecule has 0 radical (unpaired) electrons. The number of hydrogen-bond donors (Lipinski definition) is 2. The monoisotopic (exact) mass is 236 g/mol. The SMILES string of the molecule is O=P(O)(O)c1ccnc(-c2ccccn2)c1. The van der Waals surface area contributed by atoms with Crippen molar-refractivity contribution in [2.24, 2.45) is 0 Å². The zero-order chi connectivity index (χ0) is 11.6. The summed E-state index contributed by atoms with van der Waals surface area (Å²) in [5.74, 6) is 0. The topological polar surface area (TPSA) is 83.3 Å². The van der Waals surface area contributed by atoms with Crippen molar-refractivity contribution in [1.82, 2.24) is 9.97 Å². The van der Waals surface area contributed by atoms with Gasteiger partial charge < -0.3 is 9.79 Å². The molecule has 0 atom stereocenters. The summed E-state index contributed by atoms with van der Waals surface area (Å²) in [5.41, 5.74) is 1.03. The average Bonchev–Trinajstić information content (AvgIpc) is 2.29. The predicted octanol–water partition coefficient (Wildman–Crippen LogP) is 0.947. The molecule has 0 spiro atoms. The molecule has 2 aromatic rings. The van der Waals surface area contributed by atoms with Crippen molar-refractivity contribution in [2.75, 3.05) is 0 Å². The average molecular weight is 236 g/mol. The molecule has 2 N–H and O–H groups in total. The van der Waals surface area contributed by atoms with Crippen molar-refractivity contribution in [3.05, 3.63) is 42.7 Å². The molecule has 0 bridgehead atoms. The van der Waals surface area contributed by atoms with Gasteiger partial charge >= 0.3 is 7.60 Å². The van der Waals surface area contributed by atoms with Gasteiger partial charge in [0.15, 0.2) is 0 Å². The molecule has 16 heavy (non-hydrogen) atoms. The Labute approximate surface area is 92.0 Å². The highest BCUT2D eigenvalue weighted by Gasteiger charge is 2.17. The quantitative estimate of drug-likeness (QED) is 0.758. The van der Waals surface area contributed by atoms with E-state index in [1.54, 1.807) is 24.4 Å². The second-order valence-corrected chi connectivity index (χ2v) is 4.76. The van der Waals surface area contributed by atoms with Gasteiger partial charge in [-0.3, -0.25) is 14.5 Å². The smallest absolute Gasteiger partial charge is 0.321 e. The second kappa shape index (κ2) is 4.14. The number of aromatic nitrogens is 2. The minimum atomic E-state index is -4.23. The standard InChI is InChI=1S/C10H9N2O3P/c13-16(14,15)8-4-6-12-10(7-8)9-3-1-2-5-11-9/h1-7H,(H2,13,14,15). The molecule has 0 amide bonds. The Morgan fingerprint density at radius 2 is 1.75 bits per heavy atom. The van der Waals surface area contributed by atoms with Gasteiger partial charge in [0.05, 0.1) is 16.7 Å². The first-order valence-corrected chi connectivity index (χ1v) is 6.12. The molecule has 0 unspecified atom stereocenters. The number of pyridine rings is 2. The highest BCUT2D eigenvalue weighted by atomic mass is 31.2. The van der Waals surface area contributed by atoms with Crippen molar-refractivity contribution < 1.29 is 14.4 Å². The van der Waals surface area contributed by atoms with Gasteiger partial charge in [0, 0.05) is 12.4 Å². The lowest BCUT2D eigenvalue weighted by atomic mass is 10.2. The molecule has 2 aromatic heterocycles. The lowest BCUT2D eigenvalue weighted by Crippen LogP contribution is -2.04. The lowest BCUT2D eigenvalue weighted by Gasteiger charge is -2.05. The van der Waals surface area contributed by atoms with Crippen molar-refractivity contribution >= 4 is 12.9 Å². The molecule has 0 aromatic carbocycles. The van der Waals surface area contributed by atoms with Gasteiger partial charge in [-0.25, -0.2) is 0 Å². The molecule has 2 heterocycles. The van der Waals surface area contributed by atoms with Crippen LogP contribution in [-0.2, 0) is 4.57 Å². The third-order valence-electron chi connectivity index (χ3n) is 2.01. The van der Waals surface area contributed by atoms with Gasteiger partial charge in [0.2, 0.25) is 0 Å². The normalized spacial score (nSPS) is 11.4. The number of rotatable bonds is 2. The summed E-state index contributed by atoms with van der Waals surface area (Å²) in [4.78, 5) is 26.1. The minimum Gasteiger partial charge on any atom is -0.321 e. The Hall–Kier alpha value is -1.55. The van der Waals surface area contributed by atoms with Crippen LogP contribution in [0.3, 0.4) is 0 Å². The summed E-state index contributed by atoms with van der Waals surface area (Å²) in [7, 11) is -4.23. The van der Waals surface area contributed by atoms with Crippen molar-refractivity contribution in [2.45, 2.75) is 0 Å². The first kappa shape index (κ1) is 11.0. The van der Waals surface area contributed by atoms with E-state index in [1.807, 2.05) is 0 Å². The third kappa shape index (κ3) is 2.33. The summed E-state index contributed by atoms with van der Waals surface area (Å²) < 4.78 is 11.1. The summed E-state index contributed by atoms with van der Waals surface area (Å²) in [6.07, 6.45) is 2.96. The van der Waals surface area contributed by atoms with Gasteiger partial charge in [-0.15, -0.1) is 0 Å². The molecule has 0 aliphatic carbocycles. The van der Waals surface area contributed by atoms with E-state index in [9.17, 15) is 4.57 Å². The Bertz CT molecular complexity index is 539. The maximum Gasteiger partial charge on any atom is 0.356 e. The van der Waals surface area contributed by atoms with Crippen LogP contribution in [0.4, 0.5) is 0 Å². The van der Waals surface area contributed by atoms with Crippen LogP contribution in [0.1, 0.15) is 0 Å². The second-order valence-electron chi connectivity index (χ2n) is 3.16. The first-order valence-electron chi connectivity index (χ1n) is 4.51. The van der Waals surface area contributed by atoms with Gasteiger partial charge in [-0.1, -0.05) is 6.07 Å². The van der Waals surface area contributed by atoms with Gasteiger partial charge in [-0.05, 0) is 24.3 Å². The van der Waals surface area contributed by atoms with E-state index in [4.69, 9.17) is 9.79 Å². The van der Waals surface area contributed by atoms with E-state index in [0.717, 1.165) is 0 Å². The number of hydrogen-bond acceptors (Lipinski definition) is 3. The first-order chi connectivity index (χ1) is 7.57. The van der Waals surface area contributed by atoms with Crippen molar-refractivity contribution in [3.8, 4) is 11.4 Å². The van der Waals surface area contributed by atoms with Gasteiger partial charge in [-0.2, -0.15) is 0 Å². The summed E-state index contributed by atoms with van der Waals surface area (Å²) >= 11 is 0. The summed E-state index contributed by atoms with van der Waals surface area (Å²) in [6.45, 7) is 0. The van der Waals surface area contributed by atoms with Crippen molar-refractivity contribution in [1.29, 1.82) is 0 Å². The Morgan fingerprint density at radius 1 is 1.00 bits per heavy atom. The van der Waals surface area contributed by atoms with Crippen LogP contribution in [0.5, 0.6) is 0 Å². The fourth-order valence-electron chi connectivity index (χ4n) is 1.25. The third-order valence-corrected chi connectivity index (χ3v) is 2.96. The molecule has 5 nitrogen and oxygen atoms in total. The Balaban J connectivity index is 2.49. The molecule has 82 valence electrons. The van der Waals surface area contributed by atoms with Crippen LogP contribution in [0, 0.1) is 0 Å². The summed E-state index contributed by atoms with van der Waals surface area (Å²) in [6, 6.07) is 7.92. The zero-order valence-corrected chi connectivity index (χ0v) is 9.08. The zero-order valence-electron chi connectivity index (χ0n) is 8.19. The maximum atomic E-state index is 11.1. The Morgan fingerprint density at radius 3 is 2.38 bits per heavy atom. The van der Waals surface area contributed by atoms with Crippen LogP contribution < -0.4 is 5.30 Å². The van der Waals surface area contributed by atoms with Crippen LogP contribution >= 0.6 is 7.60 Å². The minimum absolute atomic E-state index is 0.0526. The molecule has 0 saturated carbocycles. The van der Waals surface area contributed by atoms with E-state index in [1.165, 1.54) is 18.3 Å². The molecular formula is C10H9N2O3P. The fourth-order valence-corrected chi connectivity index (χ4v) is 1.81. The highest BCUT2D eigenvalue weighted by molar-refractivity contribution is 7.60. The van der Waals surface area contributed by atoms with E-state index in [-0.39, 0.29) is 5.30 Å². The fraction of sp³-hybridized carbons (Fsp3) is 0. The molecular weight excluding hydrogens is 227 g/mol. The van der Waals surface area contributed by atoms with Gasteiger partial charge in [0.1, 0.15) is 0 Å². The van der Waals surface area contributed by atoms with Gasteiger partial charge in [0.25, 0.3) is 0 Å². The molecule has 0 aliphatic rings. The maximum absolute atomic E-state index is 11.1. The van der Waals surface area contributed by atoms with E-state index in [2.05, 4.69) is 9.97 Å². The van der Waals surface area contributed by atoms with E-state index >= 15 is 0 Å². The largest absolute Gasteiger partial charge is 0.356 e. The molecule has 0 fully saturated rings.